The van der Waals surface area contributed by atoms with Crippen LogP contribution in [0.2, 0.25) is 0 Å². The lowest BCUT2D eigenvalue weighted by Gasteiger charge is -2.12. The topological polar surface area (TPSA) is 29.1 Å². The van der Waals surface area contributed by atoms with Gasteiger partial charge in [0, 0.05) is 6.08 Å². The Hall–Kier alpha value is -1.64. The van der Waals surface area contributed by atoms with Crippen molar-refractivity contribution in [3.8, 4) is 0 Å². The van der Waals surface area contributed by atoms with Crippen molar-refractivity contribution < 1.29 is 9.18 Å². The van der Waals surface area contributed by atoms with Crippen LogP contribution in [0.15, 0.2) is 35.9 Å². The first kappa shape index (κ1) is 12.4. The van der Waals surface area contributed by atoms with Gasteiger partial charge in [0.2, 0.25) is 5.91 Å². The Balaban J connectivity index is 2.65. The van der Waals surface area contributed by atoms with Crippen LogP contribution in [0.4, 0.5) is 4.39 Å². The van der Waals surface area contributed by atoms with Crippen molar-refractivity contribution in [1.29, 1.82) is 0 Å². The number of hydrogen-bond acceptors (Lipinski definition) is 1. The summed E-state index contributed by atoms with van der Waals surface area (Å²) in [4.78, 5) is 11.4. The fraction of sp³-hybridized carbons (Fsp3) is 0.308. The molecule has 0 aliphatic rings. The number of halogens is 1. The number of nitrogens with one attached hydrogen (secondary N) is 1. The van der Waals surface area contributed by atoms with Gasteiger partial charge in [0.25, 0.3) is 0 Å². The molecule has 16 heavy (non-hydrogen) atoms. The van der Waals surface area contributed by atoms with E-state index in [4.69, 9.17) is 0 Å². The average molecular weight is 221 g/mol. The lowest BCUT2D eigenvalue weighted by atomic mass is 10.1. The second-order valence-electron chi connectivity index (χ2n) is 4.00. The minimum absolute atomic E-state index is 0.122. The van der Waals surface area contributed by atoms with Crippen molar-refractivity contribution in [2.24, 2.45) is 0 Å². The number of carbonyl (C=O) groups is 1. The molecular formula is C13H16FNO. The van der Waals surface area contributed by atoms with Gasteiger partial charge in [0.15, 0.2) is 0 Å². The molecule has 1 N–H and O–H groups in total. The van der Waals surface area contributed by atoms with Gasteiger partial charge in [-0.1, -0.05) is 17.7 Å². The molecule has 0 aliphatic heterocycles. The smallest absolute Gasteiger partial charge is 0.244 e. The zero-order valence-corrected chi connectivity index (χ0v) is 9.75. The summed E-state index contributed by atoms with van der Waals surface area (Å²) in [6, 6.07) is 5.99. The van der Waals surface area contributed by atoms with E-state index in [0.717, 1.165) is 11.1 Å². The molecule has 2 nitrogen and oxygen atoms in total. The first-order valence-electron chi connectivity index (χ1n) is 5.20. The Labute approximate surface area is 95.2 Å². The number of carbonyl (C=O) groups excluding carboxylic acids is 1. The molecule has 1 aromatic carbocycles. The number of benzene rings is 1. The SMILES string of the molecule is CC(C)=CC(=O)NC(C)c1ccc(F)cc1. The normalized spacial score (nSPS) is 11.8. The lowest BCUT2D eigenvalue weighted by Crippen LogP contribution is -2.24. The molecule has 0 saturated heterocycles. The van der Waals surface area contributed by atoms with E-state index in [1.165, 1.54) is 12.1 Å². The highest BCUT2D eigenvalue weighted by molar-refractivity contribution is 5.88. The predicted molar refractivity (Wildman–Crippen MR) is 62.4 cm³/mol. The van der Waals surface area contributed by atoms with Crippen molar-refractivity contribution in [1.82, 2.24) is 5.32 Å². The predicted octanol–water partition coefficient (Wildman–Crippen LogP) is 2.97. The molecule has 3 heteroatoms. The molecular weight excluding hydrogens is 205 g/mol. The monoisotopic (exact) mass is 221 g/mol. The van der Waals surface area contributed by atoms with Gasteiger partial charge >= 0.3 is 0 Å². The van der Waals surface area contributed by atoms with Crippen LogP contribution in [0.5, 0.6) is 0 Å². The number of amides is 1. The molecule has 0 bridgehead atoms. The highest BCUT2D eigenvalue weighted by Crippen LogP contribution is 2.12. The quantitative estimate of drug-likeness (QED) is 0.781. The second-order valence-corrected chi connectivity index (χ2v) is 4.00. The van der Waals surface area contributed by atoms with E-state index in [2.05, 4.69) is 5.32 Å². The van der Waals surface area contributed by atoms with E-state index in [-0.39, 0.29) is 17.8 Å². The van der Waals surface area contributed by atoms with Crippen LogP contribution in [0.1, 0.15) is 32.4 Å². The maximum absolute atomic E-state index is 12.7. The van der Waals surface area contributed by atoms with Gasteiger partial charge in [-0.3, -0.25) is 4.79 Å². The van der Waals surface area contributed by atoms with Gasteiger partial charge < -0.3 is 5.32 Å². The van der Waals surface area contributed by atoms with Crippen LogP contribution < -0.4 is 5.32 Å². The summed E-state index contributed by atoms with van der Waals surface area (Å²) in [6.45, 7) is 5.59. The Morgan fingerprint density at radius 2 is 1.88 bits per heavy atom. The van der Waals surface area contributed by atoms with Crippen LogP contribution in [-0.4, -0.2) is 5.91 Å². The van der Waals surface area contributed by atoms with Gasteiger partial charge in [0.05, 0.1) is 6.04 Å². The zero-order valence-electron chi connectivity index (χ0n) is 9.75. The molecule has 0 saturated carbocycles. The van der Waals surface area contributed by atoms with Crippen LogP contribution in [-0.2, 0) is 4.79 Å². The van der Waals surface area contributed by atoms with E-state index >= 15 is 0 Å². The molecule has 1 rings (SSSR count). The third kappa shape index (κ3) is 3.85. The molecule has 0 spiro atoms. The maximum Gasteiger partial charge on any atom is 0.244 e. The summed E-state index contributed by atoms with van der Waals surface area (Å²) in [5, 5.41) is 2.81. The first-order valence-corrected chi connectivity index (χ1v) is 5.20. The number of allylic oxidation sites excluding steroid dienone is 1. The minimum Gasteiger partial charge on any atom is -0.346 e. The maximum atomic E-state index is 12.7. The molecule has 1 amide bonds. The molecule has 1 atom stereocenters. The minimum atomic E-state index is -0.272. The van der Waals surface area contributed by atoms with Crippen molar-refractivity contribution >= 4 is 5.91 Å². The molecule has 0 fully saturated rings. The third-order valence-electron chi connectivity index (χ3n) is 2.15. The average Bonchev–Trinajstić information content (AvgIpc) is 2.16. The summed E-state index contributed by atoms with van der Waals surface area (Å²) in [5.74, 6) is -0.400. The van der Waals surface area contributed by atoms with Gasteiger partial charge in [0.1, 0.15) is 5.82 Å². The summed E-state index contributed by atoms with van der Waals surface area (Å²) < 4.78 is 12.7. The lowest BCUT2D eigenvalue weighted by molar-refractivity contribution is -0.117. The summed E-state index contributed by atoms with van der Waals surface area (Å²) in [6.07, 6.45) is 1.54. The van der Waals surface area contributed by atoms with Crippen molar-refractivity contribution in [2.75, 3.05) is 0 Å². The number of rotatable bonds is 3. The van der Waals surface area contributed by atoms with Crippen molar-refractivity contribution in [3.05, 3.63) is 47.3 Å². The molecule has 0 aliphatic carbocycles. The third-order valence-corrected chi connectivity index (χ3v) is 2.15. The summed E-state index contributed by atoms with van der Waals surface area (Å²) >= 11 is 0. The van der Waals surface area contributed by atoms with E-state index in [9.17, 15) is 9.18 Å². The van der Waals surface area contributed by atoms with E-state index in [1.807, 2.05) is 20.8 Å². The summed E-state index contributed by atoms with van der Waals surface area (Å²) in [5.41, 5.74) is 1.83. The Morgan fingerprint density at radius 3 is 2.38 bits per heavy atom. The van der Waals surface area contributed by atoms with Crippen molar-refractivity contribution in [3.63, 3.8) is 0 Å². The fourth-order valence-electron chi connectivity index (χ4n) is 1.35. The Bertz CT molecular complexity index is 391. The summed E-state index contributed by atoms with van der Waals surface area (Å²) in [7, 11) is 0. The van der Waals surface area contributed by atoms with E-state index in [1.54, 1.807) is 18.2 Å². The van der Waals surface area contributed by atoms with Gasteiger partial charge in [-0.2, -0.15) is 0 Å². The van der Waals surface area contributed by atoms with Gasteiger partial charge in [-0.05, 0) is 38.5 Å². The zero-order chi connectivity index (χ0) is 12.1. The van der Waals surface area contributed by atoms with Gasteiger partial charge in [-0.15, -0.1) is 0 Å². The highest BCUT2D eigenvalue weighted by atomic mass is 19.1. The van der Waals surface area contributed by atoms with Crippen LogP contribution >= 0.6 is 0 Å². The molecule has 0 radical (unpaired) electrons. The second kappa shape index (κ2) is 5.45. The van der Waals surface area contributed by atoms with Crippen LogP contribution in [0.3, 0.4) is 0 Å². The fourth-order valence-corrected chi connectivity index (χ4v) is 1.35. The van der Waals surface area contributed by atoms with E-state index < -0.39 is 0 Å². The van der Waals surface area contributed by atoms with E-state index in [0.29, 0.717) is 0 Å². The first-order chi connectivity index (χ1) is 7.49. The standard InChI is InChI=1S/C13H16FNO/c1-9(2)8-13(16)15-10(3)11-4-6-12(14)7-5-11/h4-8,10H,1-3H3,(H,15,16). The molecule has 0 aromatic heterocycles. The highest BCUT2D eigenvalue weighted by Gasteiger charge is 2.07. The number of hydrogen-bond donors (Lipinski definition) is 1. The molecule has 1 aromatic rings. The van der Waals surface area contributed by atoms with Crippen LogP contribution in [0, 0.1) is 5.82 Å². The van der Waals surface area contributed by atoms with Gasteiger partial charge in [-0.25, -0.2) is 4.39 Å². The van der Waals surface area contributed by atoms with Crippen LogP contribution in [0.25, 0.3) is 0 Å². The Kier molecular flexibility index (Phi) is 4.23. The Morgan fingerprint density at radius 1 is 1.31 bits per heavy atom. The van der Waals surface area contributed by atoms with Crippen molar-refractivity contribution in [2.45, 2.75) is 26.8 Å². The molecule has 86 valence electrons. The molecule has 0 heterocycles. The molecule has 1 unspecified atom stereocenters. The largest absolute Gasteiger partial charge is 0.346 e.